The number of alkyl halides is 1. The van der Waals surface area contributed by atoms with Gasteiger partial charge >= 0.3 is 0 Å². The summed E-state index contributed by atoms with van der Waals surface area (Å²) in [5.74, 6) is 0. The van der Waals surface area contributed by atoms with Gasteiger partial charge in [-0.3, -0.25) is 0 Å². The van der Waals surface area contributed by atoms with Crippen molar-refractivity contribution < 1.29 is 5.11 Å². The molecule has 0 heterocycles. The molecule has 2 heteroatoms. The molecular weight excluding hydrogens is 251 g/mol. The maximum atomic E-state index is 9.45. The monoisotopic (exact) mass is 262 g/mol. The molecule has 0 fully saturated rings. The van der Waals surface area contributed by atoms with Gasteiger partial charge in [0.25, 0.3) is 0 Å². The largest absolute Gasteiger partial charge is 0.388 e. The lowest BCUT2D eigenvalue weighted by Gasteiger charge is -2.06. The first kappa shape index (κ1) is 9.00. The van der Waals surface area contributed by atoms with Gasteiger partial charge in [0.1, 0.15) is 0 Å². The van der Waals surface area contributed by atoms with E-state index in [-0.39, 0.29) is 6.10 Å². The van der Waals surface area contributed by atoms with Crippen LogP contribution in [0, 0.1) is 6.92 Å². The number of benzene rings is 1. The quantitative estimate of drug-likeness (QED) is 0.641. The van der Waals surface area contributed by atoms with E-state index in [0.29, 0.717) is 0 Å². The number of aliphatic hydroxyl groups excluding tert-OH is 1. The molecule has 0 spiro atoms. The van der Waals surface area contributed by atoms with Crippen molar-refractivity contribution in [2.24, 2.45) is 0 Å². The maximum absolute atomic E-state index is 9.45. The standard InChI is InChI=1S/C9H11IO/c1-7-3-2-4-8(5-7)9(11)6-10/h2-5,9,11H,6H2,1H3. The summed E-state index contributed by atoms with van der Waals surface area (Å²) in [6, 6.07) is 7.98. The third kappa shape index (κ3) is 2.45. The molecule has 1 atom stereocenters. The zero-order valence-electron chi connectivity index (χ0n) is 6.42. The summed E-state index contributed by atoms with van der Waals surface area (Å²) in [4.78, 5) is 0. The van der Waals surface area contributed by atoms with E-state index in [2.05, 4.69) is 22.6 Å². The fraction of sp³-hybridized carbons (Fsp3) is 0.333. The van der Waals surface area contributed by atoms with Crippen molar-refractivity contribution in [3.63, 3.8) is 0 Å². The summed E-state index contributed by atoms with van der Waals surface area (Å²) >= 11 is 2.18. The average Bonchev–Trinajstić information content (AvgIpc) is 2.03. The highest BCUT2D eigenvalue weighted by molar-refractivity contribution is 14.1. The molecule has 0 aliphatic rings. The van der Waals surface area contributed by atoms with E-state index in [1.54, 1.807) is 0 Å². The van der Waals surface area contributed by atoms with Crippen LogP contribution < -0.4 is 0 Å². The van der Waals surface area contributed by atoms with E-state index in [0.717, 1.165) is 9.99 Å². The van der Waals surface area contributed by atoms with E-state index in [9.17, 15) is 5.11 Å². The summed E-state index contributed by atoms with van der Waals surface area (Å²) in [6.07, 6.45) is -0.310. The zero-order valence-corrected chi connectivity index (χ0v) is 8.58. The van der Waals surface area contributed by atoms with Crippen LogP contribution in [0.5, 0.6) is 0 Å². The fourth-order valence-electron chi connectivity index (χ4n) is 0.966. The zero-order chi connectivity index (χ0) is 8.27. The molecule has 1 nitrogen and oxygen atoms in total. The van der Waals surface area contributed by atoms with Crippen LogP contribution in [0.4, 0.5) is 0 Å². The van der Waals surface area contributed by atoms with Crippen molar-refractivity contribution in [2.45, 2.75) is 13.0 Å². The first-order valence-corrected chi connectivity index (χ1v) is 5.07. The Balaban J connectivity index is 2.86. The lowest BCUT2D eigenvalue weighted by Crippen LogP contribution is -1.97. The lowest BCUT2D eigenvalue weighted by molar-refractivity contribution is 0.207. The van der Waals surface area contributed by atoms with Crippen molar-refractivity contribution in [1.29, 1.82) is 0 Å². The third-order valence-electron chi connectivity index (χ3n) is 1.57. The average molecular weight is 262 g/mol. The van der Waals surface area contributed by atoms with Crippen LogP contribution in [-0.4, -0.2) is 9.53 Å². The van der Waals surface area contributed by atoms with Gasteiger partial charge in [-0.25, -0.2) is 0 Å². The summed E-state index contributed by atoms with van der Waals surface area (Å²) in [5.41, 5.74) is 2.21. The van der Waals surface area contributed by atoms with Crippen molar-refractivity contribution in [3.05, 3.63) is 35.4 Å². The van der Waals surface area contributed by atoms with Gasteiger partial charge in [0, 0.05) is 4.43 Å². The van der Waals surface area contributed by atoms with Gasteiger partial charge in [-0.1, -0.05) is 52.4 Å². The van der Waals surface area contributed by atoms with Crippen LogP contribution in [0.25, 0.3) is 0 Å². The van der Waals surface area contributed by atoms with E-state index in [4.69, 9.17) is 0 Å². The van der Waals surface area contributed by atoms with Crippen LogP contribution in [0.1, 0.15) is 17.2 Å². The Hall–Kier alpha value is -0.0900. The molecule has 0 aromatic heterocycles. The Labute approximate surface area is 80.6 Å². The van der Waals surface area contributed by atoms with Gasteiger partial charge in [0.15, 0.2) is 0 Å². The number of aliphatic hydroxyl groups is 1. The van der Waals surface area contributed by atoms with Gasteiger partial charge in [0.2, 0.25) is 0 Å². The predicted octanol–water partition coefficient (Wildman–Crippen LogP) is 2.46. The van der Waals surface area contributed by atoms with E-state index < -0.39 is 0 Å². The molecule has 1 aromatic carbocycles. The van der Waals surface area contributed by atoms with Gasteiger partial charge in [-0.2, -0.15) is 0 Å². The Bertz CT molecular complexity index is 235. The van der Waals surface area contributed by atoms with E-state index in [1.165, 1.54) is 5.56 Å². The minimum absolute atomic E-state index is 0.310. The first-order valence-electron chi connectivity index (χ1n) is 3.54. The van der Waals surface area contributed by atoms with E-state index in [1.807, 2.05) is 31.2 Å². The van der Waals surface area contributed by atoms with Crippen molar-refractivity contribution in [3.8, 4) is 0 Å². The third-order valence-corrected chi connectivity index (χ3v) is 2.41. The molecule has 11 heavy (non-hydrogen) atoms. The normalized spacial score (nSPS) is 13.0. The maximum Gasteiger partial charge on any atom is 0.0879 e. The SMILES string of the molecule is Cc1cccc(C(O)CI)c1. The smallest absolute Gasteiger partial charge is 0.0879 e. The van der Waals surface area contributed by atoms with Gasteiger partial charge < -0.3 is 5.11 Å². The van der Waals surface area contributed by atoms with E-state index >= 15 is 0 Å². The molecule has 1 rings (SSSR count). The highest BCUT2D eigenvalue weighted by atomic mass is 127. The minimum atomic E-state index is -0.310. The topological polar surface area (TPSA) is 20.2 Å². The van der Waals surface area contributed by atoms with Crippen LogP contribution in [-0.2, 0) is 0 Å². The Morgan fingerprint density at radius 1 is 1.55 bits per heavy atom. The van der Waals surface area contributed by atoms with Crippen molar-refractivity contribution >= 4 is 22.6 Å². The number of halogens is 1. The molecule has 0 bridgehead atoms. The summed E-state index contributed by atoms with van der Waals surface area (Å²) in [5, 5.41) is 9.45. The first-order chi connectivity index (χ1) is 5.24. The molecule has 60 valence electrons. The number of rotatable bonds is 2. The summed E-state index contributed by atoms with van der Waals surface area (Å²) < 4.78 is 0.751. The predicted molar refractivity (Wildman–Crippen MR) is 55.0 cm³/mol. The lowest BCUT2D eigenvalue weighted by atomic mass is 10.1. The summed E-state index contributed by atoms with van der Waals surface area (Å²) in [6.45, 7) is 2.03. The molecule has 1 unspecified atom stereocenters. The summed E-state index contributed by atoms with van der Waals surface area (Å²) in [7, 11) is 0. The molecule has 0 saturated heterocycles. The number of hydrogen-bond donors (Lipinski definition) is 1. The van der Waals surface area contributed by atoms with Gasteiger partial charge in [-0.05, 0) is 12.5 Å². The Morgan fingerprint density at radius 2 is 2.27 bits per heavy atom. The highest BCUT2D eigenvalue weighted by Crippen LogP contribution is 2.15. The van der Waals surface area contributed by atoms with Gasteiger partial charge in [-0.15, -0.1) is 0 Å². The molecule has 0 amide bonds. The minimum Gasteiger partial charge on any atom is -0.388 e. The molecule has 1 N–H and O–H groups in total. The van der Waals surface area contributed by atoms with Crippen molar-refractivity contribution in [2.75, 3.05) is 4.43 Å². The molecule has 0 aliphatic heterocycles. The second-order valence-electron chi connectivity index (χ2n) is 2.58. The fourth-order valence-corrected chi connectivity index (χ4v) is 1.48. The van der Waals surface area contributed by atoms with Crippen LogP contribution in [0.2, 0.25) is 0 Å². The molecule has 1 aromatic rings. The second kappa shape index (κ2) is 4.07. The van der Waals surface area contributed by atoms with Gasteiger partial charge in [0.05, 0.1) is 6.10 Å². The van der Waals surface area contributed by atoms with Crippen LogP contribution in [0.3, 0.4) is 0 Å². The molecule has 0 saturated carbocycles. The number of hydrogen-bond acceptors (Lipinski definition) is 1. The Morgan fingerprint density at radius 3 is 2.82 bits per heavy atom. The number of aryl methyl sites for hydroxylation is 1. The highest BCUT2D eigenvalue weighted by Gasteiger charge is 2.03. The van der Waals surface area contributed by atoms with Crippen LogP contribution in [0.15, 0.2) is 24.3 Å². The molecule has 0 aliphatic carbocycles. The molecular formula is C9H11IO. The van der Waals surface area contributed by atoms with Crippen molar-refractivity contribution in [1.82, 2.24) is 0 Å². The molecule has 0 radical (unpaired) electrons. The second-order valence-corrected chi connectivity index (χ2v) is 3.47. The van der Waals surface area contributed by atoms with Crippen LogP contribution >= 0.6 is 22.6 Å². The Kier molecular flexibility index (Phi) is 3.33.